The first kappa shape index (κ1) is 51.8. The Morgan fingerprint density at radius 1 is 1.00 bits per heavy atom. The van der Waals surface area contributed by atoms with E-state index in [1.807, 2.05) is 0 Å². The van der Waals surface area contributed by atoms with E-state index in [0.29, 0.717) is 0 Å². The topological polar surface area (TPSA) is 61.5 Å². The Morgan fingerprint density at radius 3 is 1.00 bits per heavy atom. The summed E-state index contributed by atoms with van der Waals surface area (Å²) in [6.07, 6.45) is 0. The van der Waals surface area contributed by atoms with Gasteiger partial charge < -0.3 is 23.4 Å². The van der Waals surface area contributed by atoms with Crippen LogP contribution in [0.25, 0.3) is 0 Å². The molecule has 0 spiro atoms. The minimum absolute atomic E-state index is 0. The Morgan fingerprint density at radius 2 is 1.00 bits per heavy atom. The molecular formula is H3ClKLiO2. The summed E-state index contributed by atoms with van der Waals surface area (Å²) in [5.74, 6) is 0. The number of hydrogen-bond acceptors (Lipinski definition) is 1. The Labute approximate surface area is 91.7 Å². The summed E-state index contributed by atoms with van der Waals surface area (Å²) in [4.78, 5) is 0. The van der Waals surface area contributed by atoms with Gasteiger partial charge in [-0.15, -0.1) is 0 Å². The summed E-state index contributed by atoms with van der Waals surface area (Å²) in [5, 5.41) is 0. The van der Waals surface area contributed by atoms with Gasteiger partial charge in [0, 0.05) is 0 Å². The van der Waals surface area contributed by atoms with Gasteiger partial charge in [-0.1, -0.05) is 0 Å². The van der Waals surface area contributed by atoms with E-state index in [9.17, 15) is 0 Å². The summed E-state index contributed by atoms with van der Waals surface area (Å²) < 4.78 is 0. The van der Waals surface area contributed by atoms with Gasteiger partial charge in [-0.3, -0.25) is 0 Å². The van der Waals surface area contributed by atoms with Gasteiger partial charge in [0.25, 0.3) is 0 Å². The predicted molar refractivity (Wildman–Crippen MR) is 5.55 cm³/mol. The first-order chi connectivity index (χ1) is 0. The van der Waals surface area contributed by atoms with Gasteiger partial charge in [0.2, 0.25) is 0 Å². The van der Waals surface area contributed by atoms with Crippen molar-refractivity contribution >= 4 is 0 Å². The van der Waals surface area contributed by atoms with Crippen molar-refractivity contribution in [2.75, 3.05) is 0 Å². The van der Waals surface area contributed by atoms with Gasteiger partial charge in [0.05, 0.1) is 0 Å². The number of rotatable bonds is 0. The normalized spacial score (nSPS) is 0. The molecule has 0 aromatic heterocycles. The summed E-state index contributed by atoms with van der Waals surface area (Å²) >= 11 is 0. The second-order valence-electron chi connectivity index (χ2n) is 0. The molecule has 5 heteroatoms. The smallest absolute Gasteiger partial charge is 1.00 e. The van der Waals surface area contributed by atoms with Gasteiger partial charge in [0.15, 0.2) is 0 Å². The predicted octanol–water partition coefficient (Wildman–Crippen LogP) is -9.99. The zero-order valence-corrected chi connectivity index (χ0v) is 7.20. The molecular weight excluding hydrogens is 113 g/mol. The van der Waals surface area contributed by atoms with E-state index >= 15 is 0 Å². The van der Waals surface area contributed by atoms with Gasteiger partial charge in [-0.25, -0.2) is 0 Å². The standard InChI is InChI=1S/ClH.K.Li.2H2O/h1H;;;2*1H2/q;2*+1;;/p-2. The monoisotopic (exact) mass is 116 g/mol. The zero-order valence-electron chi connectivity index (χ0n) is 3.33. The fraction of sp³-hybridized carbons (Fsp3) is 0. The van der Waals surface area contributed by atoms with Crippen molar-refractivity contribution < 1.29 is 93.6 Å². The maximum atomic E-state index is 0. The van der Waals surface area contributed by atoms with Crippen LogP contribution in [0, 0.1) is 0 Å². The van der Waals surface area contributed by atoms with Gasteiger partial charge in [-0.05, 0) is 0 Å². The van der Waals surface area contributed by atoms with Crippen molar-refractivity contribution in [1.29, 1.82) is 0 Å². The minimum Gasteiger partial charge on any atom is -1.00 e. The Balaban J connectivity index is 0. The molecule has 0 saturated heterocycles. The first-order valence-corrected chi connectivity index (χ1v) is 0. The van der Waals surface area contributed by atoms with E-state index in [1.165, 1.54) is 0 Å². The molecule has 0 radical (unpaired) electrons. The second-order valence-corrected chi connectivity index (χ2v) is 0. The van der Waals surface area contributed by atoms with Crippen molar-refractivity contribution in [3.63, 3.8) is 0 Å². The third-order valence-corrected chi connectivity index (χ3v) is 0. The molecule has 0 bridgehead atoms. The maximum absolute atomic E-state index is 0. The van der Waals surface area contributed by atoms with Crippen LogP contribution < -0.4 is 82.7 Å². The summed E-state index contributed by atoms with van der Waals surface area (Å²) in [6.45, 7) is 0. The second kappa shape index (κ2) is 32.0. The maximum Gasteiger partial charge on any atom is 1.00 e. The van der Waals surface area contributed by atoms with Gasteiger partial charge in [-0.2, -0.15) is 0 Å². The van der Waals surface area contributed by atoms with Crippen LogP contribution in [0.4, 0.5) is 0 Å². The third-order valence-electron chi connectivity index (χ3n) is 0. The summed E-state index contributed by atoms with van der Waals surface area (Å²) in [6, 6.07) is 0. The molecule has 3 N–H and O–H groups in total. The molecule has 0 atom stereocenters. The van der Waals surface area contributed by atoms with Crippen molar-refractivity contribution in [3.8, 4) is 0 Å². The van der Waals surface area contributed by atoms with Crippen LogP contribution in [-0.4, -0.2) is 11.0 Å². The first-order valence-electron chi connectivity index (χ1n) is 0. The fourth-order valence-electron chi connectivity index (χ4n) is 0. The molecule has 0 aromatic carbocycles. The van der Waals surface area contributed by atoms with Crippen molar-refractivity contribution in [2.45, 2.75) is 0 Å². The van der Waals surface area contributed by atoms with E-state index < -0.39 is 0 Å². The molecule has 0 unspecified atom stereocenters. The van der Waals surface area contributed by atoms with E-state index in [4.69, 9.17) is 0 Å². The SMILES string of the molecule is O.[Cl-].[K+].[Li+].[OH-]. The van der Waals surface area contributed by atoms with Gasteiger partial charge >= 0.3 is 70.2 Å². The minimum atomic E-state index is 0. The quantitative estimate of drug-likeness (QED) is 0.290. The Hall–Kier alpha value is 2.44. The molecule has 0 amide bonds. The molecule has 0 aromatic rings. The molecule has 5 heavy (non-hydrogen) atoms. The Kier molecular flexibility index (Phi) is 331. The number of halogens is 1. The molecule has 0 saturated carbocycles. The zero-order chi connectivity index (χ0) is 0. The largest absolute Gasteiger partial charge is 1.00 e. The van der Waals surface area contributed by atoms with Crippen LogP contribution in [0.2, 0.25) is 0 Å². The fourth-order valence-corrected chi connectivity index (χ4v) is 0. The van der Waals surface area contributed by atoms with Crippen molar-refractivity contribution in [2.24, 2.45) is 0 Å². The summed E-state index contributed by atoms with van der Waals surface area (Å²) in [5.41, 5.74) is 0. The third kappa shape index (κ3) is 21.3. The molecule has 24 valence electrons. The average molecular weight is 117 g/mol. The average Bonchev–Trinajstić information content (AvgIpc) is 0. The van der Waals surface area contributed by atoms with Crippen LogP contribution in [0.15, 0.2) is 0 Å². The molecule has 0 aliphatic carbocycles. The summed E-state index contributed by atoms with van der Waals surface area (Å²) in [7, 11) is 0. The molecule has 0 aliphatic rings. The van der Waals surface area contributed by atoms with E-state index in [2.05, 4.69) is 0 Å². The molecule has 0 aliphatic heterocycles. The van der Waals surface area contributed by atoms with Crippen LogP contribution >= 0.6 is 0 Å². The van der Waals surface area contributed by atoms with E-state index in [0.717, 1.165) is 0 Å². The van der Waals surface area contributed by atoms with E-state index in [-0.39, 0.29) is 93.6 Å². The molecule has 0 rings (SSSR count). The van der Waals surface area contributed by atoms with Gasteiger partial charge in [0.1, 0.15) is 0 Å². The van der Waals surface area contributed by atoms with Crippen molar-refractivity contribution in [1.82, 2.24) is 0 Å². The molecule has 2 nitrogen and oxygen atoms in total. The molecule has 0 heterocycles. The van der Waals surface area contributed by atoms with Crippen molar-refractivity contribution in [3.05, 3.63) is 0 Å². The van der Waals surface area contributed by atoms with Crippen LogP contribution in [-0.2, 0) is 0 Å². The van der Waals surface area contributed by atoms with Crippen LogP contribution in [0.3, 0.4) is 0 Å². The molecule has 0 fully saturated rings. The van der Waals surface area contributed by atoms with Crippen LogP contribution in [0.5, 0.6) is 0 Å². The Bertz CT molecular complexity index is 9.61. The van der Waals surface area contributed by atoms with E-state index in [1.54, 1.807) is 0 Å². The van der Waals surface area contributed by atoms with Crippen LogP contribution in [0.1, 0.15) is 0 Å². The number of hydrogen-bond donors (Lipinski definition) is 0.